The zero-order valence-corrected chi connectivity index (χ0v) is 22.4. The minimum Gasteiger partial charge on any atom is -0.326 e. The first-order valence-corrected chi connectivity index (χ1v) is 12.9. The van der Waals surface area contributed by atoms with Gasteiger partial charge in [0.1, 0.15) is 0 Å². The number of nitrogens with zero attached hydrogens (tertiary/aromatic N) is 1. The highest BCUT2D eigenvalue weighted by molar-refractivity contribution is 5.93. The number of hydrogen-bond donors (Lipinski definition) is 1. The molecule has 196 valence electrons. The number of rotatable bonds is 12. The summed E-state index contributed by atoms with van der Waals surface area (Å²) >= 11 is 0. The van der Waals surface area contributed by atoms with Crippen molar-refractivity contribution in [3.63, 3.8) is 0 Å². The van der Waals surface area contributed by atoms with E-state index in [4.69, 9.17) is 0 Å². The van der Waals surface area contributed by atoms with Crippen LogP contribution >= 0.6 is 0 Å². The van der Waals surface area contributed by atoms with Gasteiger partial charge in [-0.15, -0.1) is 0 Å². The second-order valence-corrected chi connectivity index (χ2v) is 9.51. The lowest BCUT2D eigenvalue weighted by Crippen LogP contribution is -2.14. The molecule has 1 amide bonds. The molecule has 0 saturated heterocycles. The summed E-state index contributed by atoms with van der Waals surface area (Å²) in [4.78, 5) is 27.8. The van der Waals surface area contributed by atoms with Gasteiger partial charge in [0.25, 0.3) is 0 Å². The molecule has 0 bridgehead atoms. The zero-order chi connectivity index (χ0) is 27.7. The van der Waals surface area contributed by atoms with Gasteiger partial charge < -0.3 is 5.32 Å². The first kappa shape index (κ1) is 28.5. The molecule has 0 saturated carbocycles. The Balaban J connectivity index is 1.68. The molecule has 1 aromatic heterocycles. The number of benzene rings is 2. The fourth-order valence-corrected chi connectivity index (χ4v) is 4.26. The van der Waals surface area contributed by atoms with Crippen LogP contribution in [0.25, 0.3) is 22.3 Å². The van der Waals surface area contributed by atoms with E-state index in [1.54, 1.807) is 13.0 Å². The van der Waals surface area contributed by atoms with Crippen molar-refractivity contribution in [2.75, 3.05) is 5.32 Å². The van der Waals surface area contributed by atoms with Crippen LogP contribution in [0.5, 0.6) is 0 Å². The molecule has 2 aromatic carbocycles. The molecule has 0 atom stereocenters. The highest BCUT2D eigenvalue weighted by Gasteiger charge is 2.12. The fourth-order valence-electron chi connectivity index (χ4n) is 4.26. The quantitative estimate of drug-likeness (QED) is 0.197. The van der Waals surface area contributed by atoms with Crippen LogP contribution in [0.2, 0.25) is 0 Å². The summed E-state index contributed by atoms with van der Waals surface area (Å²) in [6, 6.07) is 16.7. The molecule has 38 heavy (non-hydrogen) atoms. The molecular weight excluding hydrogens is 475 g/mol. The van der Waals surface area contributed by atoms with Crippen LogP contribution in [0.1, 0.15) is 63.1 Å². The highest BCUT2D eigenvalue weighted by Crippen LogP contribution is 2.30. The number of pyridine rings is 1. The van der Waals surface area contributed by atoms with Crippen molar-refractivity contribution in [1.29, 1.82) is 0 Å². The van der Waals surface area contributed by atoms with Crippen molar-refractivity contribution in [2.24, 2.45) is 0 Å². The van der Waals surface area contributed by atoms with E-state index in [1.807, 2.05) is 49.4 Å². The third-order valence-corrected chi connectivity index (χ3v) is 6.34. The van der Waals surface area contributed by atoms with E-state index in [-0.39, 0.29) is 18.1 Å². The molecule has 0 aliphatic heterocycles. The maximum atomic E-state index is 13.7. The molecule has 0 radical (unpaired) electrons. The van der Waals surface area contributed by atoms with Gasteiger partial charge in [0.05, 0.1) is 6.42 Å². The van der Waals surface area contributed by atoms with E-state index in [2.05, 4.69) is 36.5 Å². The fraction of sp³-hybridized carbons (Fsp3) is 0.242. The lowest BCUT2D eigenvalue weighted by molar-refractivity contribution is -0.115. The maximum absolute atomic E-state index is 13.7. The number of Topliss-reactive ketones (excluding diaryl/α,β-unsaturated/α-hetero) is 1. The number of allylic oxidation sites excluding steroid dienone is 4. The molecule has 0 fully saturated rings. The van der Waals surface area contributed by atoms with Gasteiger partial charge >= 0.3 is 0 Å². The number of amides is 1. The van der Waals surface area contributed by atoms with Crippen LogP contribution in [0.15, 0.2) is 85.6 Å². The van der Waals surface area contributed by atoms with Gasteiger partial charge in [-0.25, -0.2) is 4.98 Å². The number of carbonyl (C=O) groups excluding carboxylic acids is 2. The van der Waals surface area contributed by atoms with Crippen LogP contribution < -0.4 is 5.32 Å². The van der Waals surface area contributed by atoms with Gasteiger partial charge in [-0.3, -0.25) is 9.59 Å². The largest absolute Gasteiger partial charge is 0.326 e. The predicted molar refractivity (Wildman–Crippen MR) is 155 cm³/mol. The summed E-state index contributed by atoms with van der Waals surface area (Å²) in [6.45, 7) is 13.5. The molecule has 4 nitrogen and oxygen atoms in total. The van der Waals surface area contributed by atoms with Crippen LogP contribution in [0.4, 0.5) is 10.1 Å². The summed E-state index contributed by atoms with van der Waals surface area (Å²) in [5.74, 6) is -0.632. The third-order valence-electron chi connectivity index (χ3n) is 6.34. The Morgan fingerprint density at radius 1 is 1.00 bits per heavy atom. The van der Waals surface area contributed by atoms with Gasteiger partial charge in [-0.2, -0.15) is 4.39 Å². The van der Waals surface area contributed by atoms with E-state index in [1.165, 1.54) is 17.8 Å². The number of anilines is 1. The molecule has 3 aromatic rings. The van der Waals surface area contributed by atoms with E-state index in [9.17, 15) is 14.0 Å². The molecule has 0 spiro atoms. The van der Waals surface area contributed by atoms with E-state index in [0.29, 0.717) is 17.6 Å². The van der Waals surface area contributed by atoms with Crippen LogP contribution in [0.3, 0.4) is 0 Å². The lowest BCUT2D eigenvalue weighted by Gasteiger charge is -2.13. The second kappa shape index (κ2) is 13.4. The van der Waals surface area contributed by atoms with Crippen molar-refractivity contribution in [2.45, 2.75) is 52.9 Å². The third kappa shape index (κ3) is 7.94. The smallest absolute Gasteiger partial charge is 0.228 e. The van der Waals surface area contributed by atoms with E-state index >= 15 is 0 Å². The van der Waals surface area contributed by atoms with E-state index < -0.39 is 5.95 Å². The molecular formula is C33H35FN2O2. The monoisotopic (exact) mass is 510 g/mol. The van der Waals surface area contributed by atoms with E-state index in [0.717, 1.165) is 52.8 Å². The Morgan fingerprint density at radius 3 is 2.37 bits per heavy atom. The second-order valence-electron chi connectivity index (χ2n) is 9.51. The number of halogens is 1. The van der Waals surface area contributed by atoms with Crippen LogP contribution in [-0.4, -0.2) is 16.7 Å². The first-order valence-electron chi connectivity index (χ1n) is 12.9. The van der Waals surface area contributed by atoms with Gasteiger partial charge in [0.15, 0.2) is 5.78 Å². The van der Waals surface area contributed by atoms with Gasteiger partial charge in [-0.1, -0.05) is 68.5 Å². The normalized spacial score (nSPS) is 11.2. The van der Waals surface area contributed by atoms with Crippen molar-refractivity contribution in [3.05, 3.63) is 108 Å². The predicted octanol–water partition coefficient (Wildman–Crippen LogP) is 8.21. The zero-order valence-electron chi connectivity index (χ0n) is 22.4. The summed E-state index contributed by atoms with van der Waals surface area (Å²) in [5.41, 5.74) is 7.80. The summed E-state index contributed by atoms with van der Waals surface area (Å²) in [6.07, 6.45) is 7.19. The van der Waals surface area contributed by atoms with Gasteiger partial charge in [0, 0.05) is 18.0 Å². The van der Waals surface area contributed by atoms with Crippen molar-refractivity contribution in [3.8, 4) is 11.1 Å². The molecule has 0 aliphatic rings. The number of hydrogen-bond acceptors (Lipinski definition) is 3. The topological polar surface area (TPSA) is 59.1 Å². The minimum atomic E-state index is -0.541. The molecule has 3 rings (SSSR count). The summed E-state index contributed by atoms with van der Waals surface area (Å²) in [7, 11) is 0. The van der Waals surface area contributed by atoms with Crippen molar-refractivity contribution < 1.29 is 14.0 Å². The average Bonchev–Trinajstić information content (AvgIpc) is 2.88. The SMILES string of the molecule is C=C(CCC=C(CCC)c1ccc(NC(=O)Cc2ccc(-c3ccnc(F)c3)c(C(=C)C)c2)cc1)C(C)=O. The van der Waals surface area contributed by atoms with Crippen molar-refractivity contribution >= 4 is 28.5 Å². The number of nitrogens with one attached hydrogen (secondary N) is 1. The Hall–Kier alpha value is -4.12. The molecule has 1 heterocycles. The summed E-state index contributed by atoms with van der Waals surface area (Å²) in [5, 5.41) is 2.97. The number of aromatic nitrogens is 1. The standard InChI is InChI=1S/C33H35FN2O2/c1-6-8-26(10-7-9-23(4)24(5)37)27-12-14-29(15-13-27)36-33(38)20-25-11-16-30(31(19-25)22(2)3)28-17-18-35-32(34)21-28/h10-19,21H,2,4,6-9,20H2,1,3,5H3,(H,36,38). The minimum absolute atomic E-state index is 0.0338. The Labute approximate surface area is 225 Å². The Bertz CT molecular complexity index is 1370. The number of ketones is 1. The van der Waals surface area contributed by atoms with Gasteiger partial charge in [0.2, 0.25) is 11.9 Å². The first-order chi connectivity index (χ1) is 18.2. The number of carbonyl (C=O) groups is 2. The highest BCUT2D eigenvalue weighted by atomic mass is 19.1. The Kier molecular flexibility index (Phi) is 10.1. The molecule has 0 unspecified atom stereocenters. The lowest BCUT2D eigenvalue weighted by atomic mass is 9.93. The average molecular weight is 511 g/mol. The van der Waals surface area contributed by atoms with Gasteiger partial charge in [-0.05, 0) is 90.3 Å². The summed E-state index contributed by atoms with van der Waals surface area (Å²) < 4.78 is 13.7. The molecule has 1 N–H and O–H groups in total. The maximum Gasteiger partial charge on any atom is 0.228 e. The Morgan fingerprint density at radius 2 is 1.74 bits per heavy atom. The molecule has 0 aliphatic carbocycles. The molecule has 5 heteroatoms. The van der Waals surface area contributed by atoms with Crippen LogP contribution in [-0.2, 0) is 16.0 Å². The van der Waals surface area contributed by atoms with Crippen LogP contribution in [0, 0.1) is 5.95 Å². The van der Waals surface area contributed by atoms with Crippen molar-refractivity contribution in [1.82, 2.24) is 4.98 Å².